The smallest absolute Gasteiger partial charge is 0.216 e. The Kier molecular flexibility index (Phi) is 5.22. The minimum Gasteiger partial charge on any atom is -0.508 e. The molecule has 1 heterocycles. The van der Waals surface area contributed by atoms with Gasteiger partial charge in [-0.1, -0.05) is 30.1 Å². The van der Waals surface area contributed by atoms with E-state index < -0.39 is 0 Å². The van der Waals surface area contributed by atoms with E-state index in [1.807, 2.05) is 6.92 Å². The van der Waals surface area contributed by atoms with Crippen molar-refractivity contribution in [2.75, 3.05) is 0 Å². The van der Waals surface area contributed by atoms with Crippen molar-refractivity contribution in [1.82, 2.24) is 14.9 Å². The second-order valence-corrected chi connectivity index (χ2v) is 6.47. The van der Waals surface area contributed by atoms with Crippen LogP contribution in [0.15, 0.2) is 47.6 Å². The van der Waals surface area contributed by atoms with E-state index in [9.17, 15) is 5.11 Å². The highest BCUT2D eigenvalue weighted by atomic mass is 35.5. The summed E-state index contributed by atoms with van der Waals surface area (Å²) >= 11 is 17.6. The van der Waals surface area contributed by atoms with Crippen molar-refractivity contribution in [2.45, 2.75) is 13.3 Å². The first-order valence-corrected chi connectivity index (χ1v) is 8.66. The lowest BCUT2D eigenvalue weighted by Crippen LogP contribution is -2.04. The fourth-order valence-electron chi connectivity index (χ4n) is 2.34. The molecular weight excluding hydrogens is 379 g/mol. The summed E-state index contributed by atoms with van der Waals surface area (Å²) < 4.78 is 1.89. The van der Waals surface area contributed by atoms with Crippen LogP contribution in [0.2, 0.25) is 10.0 Å². The van der Waals surface area contributed by atoms with Crippen molar-refractivity contribution in [1.29, 1.82) is 0 Å². The number of hydrogen-bond acceptors (Lipinski definition) is 4. The molecule has 0 spiro atoms. The number of H-pyrrole nitrogens is 1. The summed E-state index contributed by atoms with van der Waals surface area (Å²) in [5.74, 6) is 0.698. The van der Waals surface area contributed by atoms with E-state index in [1.54, 1.807) is 42.5 Å². The van der Waals surface area contributed by atoms with E-state index in [-0.39, 0.29) is 5.75 Å². The standard InChI is InChI=1S/C17H14Cl2N4OS/c1-2-15(10-3-6-12(24)7-4-10)22-23-16(20-21-17(23)25)13-8-5-11(18)9-14(13)19/h3-9,24H,2H2,1H3,(H,21,25). The predicted molar refractivity (Wildman–Crippen MR) is 103 cm³/mol. The summed E-state index contributed by atoms with van der Waals surface area (Å²) in [5, 5.41) is 22.1. The molecule has 5 nitrogen and oxygen atoms in total. The molecule has 0 saturated heterocycles. The number of phenols is 1. The quantitative estimate of drug-likeness (QED) is 0.468. The first-order valence-electron chi connectivity index (χ1n) is 7.49. The van der Waals surface area contributed by atoms with Crippen molar-refractivity contribution in [3.05, 3.63) is 62.8 Å². The minimum absolute atomic E-state index is 0.202. The Bertz CT molecular complexity index is 993. The molecule has 0 saturated carbocycles. The molecule has 0 radical (unpaired) electrons. The number of hydrogen-bond donors (Lipinski definition) is 2. The van der Waals surface area contributed by atoms with Crippen LogP contribution in [0, 0.1) is 4.77 Å². The second kappa shape index (κ2) is 7.39. The second-order valence-electron chi connectivity index (χ2n) is 5.24. The molecule has 0 aliphatic carbocycles. The lowest BCUT2D eigenvalue weighted by atomic mass is 10.1. The maximum Gasteiger partial charge on any atom is 0.216 e. The number of rotatable bonds is 4. The van der Waals surface area contributed by atoms with E-state index in [0.29, 0.717) is 32.6 Å². The summed E-state index contributed by atoms with van der Waals surface area (Å²) in [7, 11) is 0. The van der Waals surface area contributed by atoms with E-state index in [1.165, 1.54) is 4.68 Å². The van der Waals surface area contributed by atoms with Crippen LogP contribution in [-0.2, 0) is 0 Å². The minimum atomic E-state index is 0.202. The maximum atomic E-state index is 9.46. The monoisotopic (exact) mass is 392 g/mol. The molecule has 8 heteroatoms. The first-order chi connectivity index (χ1) is 12.0. The SMILES string of the molecule is CCC(=Nn1c(-c2ccc(Cl)cc2Cl)n[nH]c1=S)c1ccc(O)cc1. The summed E-state index contributed by atoms with van der Waals surface area (Å²) in [6, 6.07) is 12.0. The van der Waals surface area contributed by atoms with Crippen LogP contribution in [0.1, 0.15) is 18.9 Å². The first kappa shape index (κ1) is 17.7. The number of benzene rings is 2. The lowest BCUT2D eigenvalue weighted by Gasteiger charge is -2.08. The highest BCUT2D eigenvalue weighted by molar-refractivity contribution is 7.71. The van der Waals surface area contributed by atoms with Gasteiger partial charge in [0.15, 0.2) is 5.82 Å². The van der Waals surface area contributed by atoms with Gasteiger partial charge in [0.25, 0.3) is 0 Å². The molecule has 3 aromatic rings. The molecule has 0 atom stereocenters. The molecule has 0 fully saturated rings. The molecule has 2 N–H and O–H groups in total. The Hall–Kier alpha value is -2.15. The van der Waals surface area contributed by atoms with Gasteiger partial charge < -0.3 is 5.11 Å². The molecule has 0 aliphatic heterocycles. The third-order valence-electron chi connectivity index (χ3n) is 3.58. The zero-order valence-electron chi connectivity index (χ0n) is 13.2. The fourth-order valence-corrected chi connectivity index (χ4v) is 3.00. The maximum absolute atomic E-state index is 9.46. The third kappa shape index (κ3) is 3.76. The molecule has 0 aliphatic rings. The Morgan fingerprint density at radius 3 is 2.60 bits per heavy atom. The Labute approximate surface area is 159 Å². The molecule has 0 amide bonds. The summed E-state index contributed by atoms with van der Waals surface area (Å²) in [4.78, 5) is 0. The van der Waals surface area contributed by atoms with E-state index in [0.717, 1.165) is 11.3 Å². The third-order valence-corrected chi connectivity index (χ3v) is 4.39. The van der Waals surface area contributed by atoms with Gasteiger partial charge in [0, 0.05) is 10.6 Å². The average Bonchev–Trinajstić information content (AvgIpc) is 2.94. The molecular formula is C17H14Cl2N4OS. The predicted octanol–water partition coefficient (Wildman–Crippen LogP) is 5.28. The van der Waals surface area contributed by atoms with Crippen molar-refractivity contribution >= 4 is 41.1 Å². The number of phenolic OH excluding ortho intramolecular Hbond substituents is 1. The highest BCUT2D eigenvalue weighted by Gasteiger charge is 2.13. The Morgan fingerprint density at radius 1 is 1.24 bits per heavy atom. The van der Waals surface area contributed by atoms with Crippen LogP contribution in [0.3, 0.4) is 0 Å². The molecule has 25 heavy (non-hydrogen) atoms. The van der Waals surface area contributed by atoms with Gasteiger partial charge in [-0.15, -0.1) is 0 Å². The van der Waals surface area contributed by atoms with Crippen LogP contribution in [0.4, 0.5) is 0 Å². The topological polar surface area (TPSA) is 66.2 Å². The van der Waals surface area contributed by atoms with Crippen molar-refractivity contribution in [3.8, 4) is 17.1 Å². The summed E-state index contributed by atoms with van der Waals surface area (Å²) in [5.41, 5.74) is 2.35. The normalized spacial score (nSPS) is 11.7. The lowest BCUT2D eigenvalue weighted by molar-refractivity contribution is 0.475. The summed E-state index contributed by atoms with van der Waals surface area (Å²) in [6.07, 6.45) is 0.672. The largest absolute Gasteiger partial charge is 0.508 e. The number of aromatic hydroxyl groups is 1. The van der Waals surface area contributed by atoms with Gasteiger partial charge in [0.1, 0.15) is 5.75 Å². The number of aromatic nitrogens is 3. The molecule has 128 valence electrons. The number of aromatic amines is 1. The van der Waals surface area contributed by atoms with Crippen molar-refractivity contribution < 1.29 is 5.11 Å². The van der Waals surface area contributed by atoms with Crippen LogP contribution in [0.5, 0.6) is 5.75 Å². The van der Waals surface area contributed by atoms with Crippen LogP contribution >= 0.6 is 35.4 Å². The number of nitrogens with zero attached hydrogens (tertiary/aromatic N) is 3. The molecule has 2 aromatic carbocycles. The van der Waals surface area contributed by atoms with Gasteiger partial charge in [-0.2, -0.15) is 14.9 Å². The molecule has 3 rings (SSSR count). The Balaban J connectivity index is 2.12. The van der Waals surface area contributed by atoms with Gasteiger partial charge in [-0.25, -0.2) is 5.10 Å². The van der Waals surface area contributed by atoms with Gasteiger partial charge in [-0.05, 0) is 66.7 Å². The zero-order chi connectivity index (χ0) is 18.0. The van der Waals surface area contributed by atoms with Crippen molar-refractivity contribution in [2.24, 2.45) is 5.10 Å². The highest BCUT2D eigenvalue weighted by Crippen LogP contribution is 2.29. The van der Waals surface area contributed by atoms with Gasteiger partial charge in [0.05, 0.1) is 10.7 Å². The van der Waals surface area contributed by atoms with E-state index in [2.05, 4.69) is 15.3 Å². The van der Waals surface area contributed by atoms with Crippen LogP contribution in [-0.4, -0.2) is 25.7 Å². The Morgan fingerprint density at radius 2 is 1.96 bits per heavy atom. The fraction of sp³-hybridized carbons (Fsp3) is 0.118. The van der Waals surface area contributed by atoms with Gasteiger partial charge in [0.2, 0.25) is 4.77 Å². The molecule has 0 bridgehead atoms. The van der Waals surface area contributed by atoms with E-state index >= 15 is 0 Å². The number of halogens is 2. The summed E-state index contributed by atoms with van der Waals surface area (Å²) in [6.45, 7) is 1.99. The molecule has 1 aromatic heterocycles. The van der Waals surface area contributed by atoms with Crippen LogP contribution < -0.4 is 0 Å². The van der Waals surface area contributed by atoms with E-state index in [4.69, 9.17) is 35.4 Å². The van der Waals surface area contributed by atoms with Gasteiger partial charge in [-0.3, -0.25) is 0 Å². The van der Waals surface area contributed by atoms with Gasteiger partial charge >= 0.3 is 0 Å². The van der Waals surface area contributed by atoms with Crippen molar-refractivity contribution in [3.63, 3.8) is 0 Å². The average molecular weight is 393 g/mol. The molecule has 0 unspecified atom stereocenters. The van der Waals surface area contributed by atoms with Crippen LogP contribution in [0.25, 0.3) is 11.4 Å². The zero-order valence-corrected chi connectivity index (χ0v) is 15.5. The number of nitrogens with one attached hydrogen (secondary N) is 1.